The van der Waals surface area contributed by atoms with Crippen LogP contribution in [-0.4, -0.2) is 87.7 Å². The van der Waals surface area contributed by atoms with Crippen molar-refractivity contribution >= 4 is 34.5 Å². The van der Waals surface area contributed by atoms with Crippen LogP contribution in [0.25, 0.3) is 0 Å². The first kappa shape index (κ1) is 32.7. The van der Waals surface area contributed by atoms with Crippen molar-refractivity contribution in [2.24, 2.45) is 0 Å². The Bertz CT molecular complexity index is 1380. The fourth-order valence-corrected chi connectivity index (χ4v) is 5.74. The molecule has 0 aliphatic carbocycles. The highest BCUT2D eigenvalue weighted by Gasteiger charge is 2.30. The summed E-state index contributed by atoms with van der Waals surface area (Å²) in [6, 6.07) is 24.9. The van der Waals surface area contributed by atoms with E-state index in [0.717, 1.165) is 23.9 Å². The fourth-order valence-electron chi connectivity index (χ4n) is 5.14. The monoisotopic (exact) mass is 617 g/mol. The molecule has 1 aliphatic heterocycles. The van der Waals surface area contributed by atoms with Crippen LogP contribution in [0.4, 0.5) is 10.5 Å². The molecule has 11 heteroatoms. The first-order chi connectivity index (χ1) is 21.3. The molecule has 0 radical (unpaired) electrons. The lowest BCUT2D eigenvalue weighted by molar-refractivity contribution is -0.384. The van der Waals surface area contributed by atoms with Gasteiger partial charge in [-0.1, -0.05) is 84.6 Å². The van der Waals surface area contributed by atoms with Gasteiger partial charge in [-0.15, -0.1) is 0 Å². The van der Waals surface area contributed by atoms with Gasteiger partial charge in [0, 0.05) is 77.0 Å². The molecule has 10 nitrogen and oxygen atoms in total. The number of nitrogens with zero attached hydrogens (tertiary/aromatic N) is 4. The molecule has 4 rings (SSSR count). The third-order valence-corrected chi connectivity index (χ3v) is 8.38. The predicted octanol–water partition coefficient (Wildman–Crippen LogP) is 4.38. The Labute approximate surface area is 262 Å². The minimum absolute atomic E-state index is 0.0222. The van der Waals surface area contributed by atoms with Gasteiger partial charge in [0.05, 0.1) is 4.92 Å². The van der Waals surface area contributed by atoms with Gasteiger partial charge in [-0.05, 0) is 23.1 Å². The van der Waals surface area contributed by atoms with Gasteiger partial charge in [-0.2, -0.15) is 0 Å². The van der Waals surface area contributed by atoms with Gasteiger partial charge in [0.1, 0.15) is 6.04 Å². The number of piperazine rings is 1. The van der Waals surface area contributed by atoms with Gasteiger partial charge in [-0.25, -0.2) is 4.79 Å². The Morgan fingerprint density at radius 2 is 1.48 bits per heavy atom. The van der Waals surface area contributed by atoms with E-state index in [4.69, 9.17) is 0 Å². The van der Waals surface area contributed by atoms with Crippen LogP contribution in [0.1, 0.15) is 23.6 Å². The molecule has 1 unspecified atom stereocenters. The van der Waals surface area contributed by atoms with Crippen molar-refractivity contribution in [3.8, 4) is 0 Å². The van der Waals surface area contributed by atoms with E-state index in [1.807, 2.05) is 48.5 Å². The Morgan fingerprint density at radius 3 is 2.07 bits per heavy atom. The molecule has 1 N–H and O–H groups in total. The number of rotatable bonds is 13. The van der Waals surface area contributed by atoms with Gasteiger partial charge < -0.3 is 15.1 Å². The Hall–Kier alpha value is -4.22. The average Bonchev–Trinajstić information content (AvgIpc) is 3.03. The molecule has 1 aliphatic rings. The molecule has 0 bridgehead atoms. The number of thioether (sulfide) groups is 1. The SMILES string of the molecule is CC(=O)SCCN(CCc1ccccc1)C(=O)NC(Cc1ccc([N+](=O)[O-])cc1)C(=O)N1CCN(Cc2ccccc2)CC1. The first-order valence-corrected chi connectivity index (χ1v) is 15.8. The van der Waals surface area contributed by atoms with E-state index >= 15 is 0 Å². The van der Waals surface area contributed by atoms with Crippen LogP contribution in [0.2, 0.25) is 0 Å². The maximum absolute atomic E-state index is 13.9. The molecule has 232 valence electrons. The number of non-ortho nitro benzene ring substituents is 1. The number of nitrogens with one attached hydrogen (secondary N) is 1. The normalized spacial score (nSPS) is 14.1. The summed E-state index contributed by atoms with van der Waals surface area (Å²) >= 11 is 1.16. The van der Waals surface area contributed by atoms with Crippen LogP contribution < -0.4 is 5.32 Å². The number of amides is 3. The number of hydrogen-bond acceptors (Lipinski definition) is 7. The molecular formula is C33H39N5O5S. The van der Waals surface area contributed by atoms with Gasteiger partial charge in [0.15, 0.2) is 5.12 Å². The van der Waals surface area contributed by atoms with E-state index in [0.29, 0.717) is 57.0 Å². The number of benzene rings is 3. The van der Waals surface area contributed by atoms with Crippen molar-refractivity contribution in [1.29, 1.82) is 0 Å². The molecule has 3 aromatic rings. The third-order valence-electron chi connectivity index (χ3n) is 7.58. The smallest absolute Gasteiger partial charge is 0.318 e. The van der Waals surface area contributed by atoms with Crippen LogP contribution in [0.5, 0.6) is 0 Å². The lowest BCUT2D eigenvalue weighted by Gasteiger charge is -2.37. The molecule has 3 amide bonds. The zero-order valence-electron chi connectivity index (χ0n) is 25.0. The highest BCUT2D eigenvalue weighted by molar-refractivity contribution is 8.13. The van der Waals surface area contributed by atoms with E-state index < -0.39 is 11.0 Å². The van der Waals surface area contributed by atoms with Crippen molar-refractivity contribution in [2.75, 3.05) is 45.0 Å². The number of carbonyl (C=O) groups is 3. The topological polar surface area (TPSA) is 116 Å². The third kappa shape index (κ3) is 10.2. The second-order valence-corrected chi connectivity index (χ2v) is 12.1. The molecule has 1 saturated heterocycles. The highest BCUT2D eigenvalue weighted by Crippen LogP contribution is 2.16. The first-order valence-electron chi connectivity index (χ1n) is 14.8. The quantitative estimate of drug-likeness (QED) is 0.224. The number of hydrogen-bond donors (Lipinski definition) is 1. The van der Waals surface area contributed by atoms with Crippen molar-refractivity contribution in [2.45, 2.75) is 32.4 Å². The van der Waals surface area contributed by atoms with Crippen LogP contribution in [0, 0.1) is 10.1 Å². The average molecular weight is 618 g/mol. The van der Waals surface area contributed by atoms with E-state index in [1.165, 1.54) is 24.6 Å². The predicted molar refractivity (Wildman–Crippen MR) is 172 cm³/mol. The molecule has 1 fully saturated rings. The molecule has 0 saturated carbocycles. The summed E-state index contributed by atoms with van der Waals surface area (Å²) < 4.78 is 0. The molecule has 0 spiro atoms. The maximum atomic E-state index is 13.9. The molecule has 1 heterocycles. The molecular weight excluding hydrogens is 578 g/mol. The van der Waals surface area contributed by atoms with E-state index in [1.54, 1.807) is 21.9 Å². The van der Waals surface area contributed by atoms with Gasteiger partial charge in [0.2, 0.25) is 5.91 Å². The van der Waals surface area contributed by atoms with Crippen LogP contribution in [0.3, 0.4) is 0 Å². The summed E-state index contributed by atoms with van der Waals surface area (Å²) in [6.07, 6.45) is 0.824. The summed E-state index contributed by atoms with van der Waals surface area (Å²) in [7, 11) is 0. The second-order valence-electron chi connectivity index (χ2n) is 10.8. The molecule has 1 atom stereocenters. The number of nitro groups is 1. The minimum Gasteiger partial charge on any atom is -0.338 e. The summed E-state index contributed by atoms with van der Waals surface area (Å²) in [6.45, 7) is 5.56. The van der Waals surface area contributed by atoms with Gasteiger partial charge >= 0.3 is 6.03 Å². The second kappa shape index (κ2) is 16.6. The Balaban J connectivity index is 1.46. The standard InChI is InChI=1S/C33H39N5O5S/c1-26(39)44-23-22-37(17-16-27-8-4-2-5-9-27)33(41)34-31(24-28-12-14-30(15-13-28)38(42)43)32(40)36-20-18-35(19-21-36)25-29-10-6-3-7-11-29/h2-15,31H,16-25H2,1H3,(H,34,41). The van der Waals surface area contributed by atoms with E-state index in [9.17, 15) is 24.5 Å². The summed E-state index contributed by atoms with van der Waals surface area (Å²) in [5, 5.41) is 14.1. The largest absolute Gasteiger partial charge is 0.338 e. The maximum Gasteiger partial charge on any atom is 0.318 e. The number of nitro benzene ring substituents is 1. The van der Waals surface area contributed by atoms with Gasteiger partial charge in [-0.3, -0.25) is 24.6 Å². The summed E-state index contributed by atoms with van der Waals surface area (Å²) in [5.41, 5.74) is 2.97. The zero-order chi connectivity index (χ0) is 31.3. The molecule has 44 heavy (non-hydrogen) atoms. The zero-order valence-corrected chi connectivity index (χ0v) is 25.8. The Morgan fingerprint density at radius 1 is 0.864 bits per heavy atom. The number of carbonyl (C=O) groups excluding carboxylic acids is 3. The van der Waals surface area contributed by atoms with E-state index in [-0.39, 0.29) is 29.2 Å². The van der Waals surface area contributed by atoms with E-state index in [2.05, 4.69) is 22.3 Å². The van der Waals surface area contributed by atoms with Crippen molar-refractivity contribution in [1.82, 2.24) is 20.0 Å². The van der Waals surface area contributed by atoms with Crippen LogP contribution in [0.15, 0.2) is 84.9 Å². The number of urea groups is 1. The van der Waals surface area contributed by atoms with Gasteiger partial charge in [0.25, 0.3) is 5.69 Å². The lowest BCUT2D eigenvalue weighted by atomic mass is 10.0. The van der Waals surface area contributed by atoms with Crippen molar-refractivity contribution in [3.05, 3.63) is 112 Å². The summed E-state index contributed by atoms with van der Waals surface area (Å²) in [5.74, 6) is 0.263. The lowest BCUT2D eigenvalue weighted by Crippen LogP contribution is -2.57. The summed E-state index contributed by atoms with van der Waals surface area (Å²) in [4.78, 5) is 55.6. The molecule has 3 aromatic carbocycles. The fraction of sp³-hybridized carbons (Fsp3) is 0.364. The molecule has 0 aromatic heterocycles. The van der Waals surface area contributed by atoms with Crippen molar-refractivity contribution < 1.29 is 19.3 Å². The highest BCUT2D eigenvalue weighted by atomic mass is 32.2. The minimum atomic E-state index is -0.857. The van der Waals surface area contributed by atoms with Crippen molar-refractivity contribution in [3.63, 3.8) is 0 Å². The van der Waals surface area contributed by atoms with Crippen LogP contribution >= 0.6 is 11.8 Å². The Kier molecular flexibility index (Phi) is 12.3. The van der Waals surface area contributed by atoms with Crippen LogP contribution in [-0.2, 0) is 29.0 Å².